The monoisotopic (exact) mass is 362 g/mol. The molecule has 0 N–H and O–H groups in total. The Hall–Kier alpha value is -1.80. The average molecular weight is 362 g/mol. The van der Waals surface area contributed by atoms with E-state index in [0.29, 0.717) is 6.61 Å². The molecule has 0 fully saturated rings. The molecule has 0 aromatic carbocycles. The molecule has 0 radical (unpaired) electrons. The minimum absolute atomic E-state index is 0.0391. The summed E-state index contributed by atoms with van der Waals surface area (Å²) in [6.07, 6.45) is -0.186. The van der Waals surface area contributed by atoms with Crippen molar-refractivity contribution in [2.24, 2.45) is 5.41 Å². The van der Waals surface area contributed by atoms with Gasteiger partial charge in [0.2, 0.25) is 6.29 Å². The normalized spacial score (nSPS) is 13.8. The molecule has 0 aromatic rings. The molecule has 0 heterocycles. The molecule has 8 nitrogen and oxygen atoms in total. The zero-order chi connectivity index (χ0) is 19.7. The highest BCUT2D eigenvalue weighted by molar-refractivity contribution is 5.87. The van der Waals surface area contributed by atoms with Gasteiger partial charge >= 0.3 is 12.1 Å². The predicted octanol–water partition coefficient (Wildman–Crippen LogP) is 4.05. The highest BCUT2D eigenvalue weighted by Crippen LogP contribution is 2.29. The van der Waals surface area contributed by atoms with Gasteiger partial charge in [-0.1, -0.05) is 20.8 Å². The summed E-state index contributed by atoms with van der Waals surface area (Å²) in [6.45, 7) is 15.0. The number of carbonyl (C=O) groups excluding carboxylic acids is 2. The fourth-order valence-electron chi connectivity index (χ4n) is 2.14. The lowest BCUT2D eigenvalue weighted by Crippen LogP contribution is -2.29. The minimum atomic E-state index is -1.19. The van der Waals surface area contributed by atoms with Crippen molar-refractivity contribution < 1.29 is 38.6 Å². The summed E-state index contributed by atoms with van der Waals surface area (Å²) in [4.78, 5) is 41.7. The van der Waals surface area contributed by atoms with Crippen LogP contribution >= 0.6 is 0 Å². The van der Waals surface area contributed by atoms with Crippen molar-refractivity contribution in [1.29, 1.82) is 0 Å². The summed E-state index contributed by atoms with van der Waals surface area (Å²) in [7, 11) is 0. The first kappa shape index (κ1) is 23.2. The molecular weight excluding hydrogens is 332 g/mol. The topological polar surface area (TPSA) is 89.5 Å². The summed E-state index contributed by atoms with van der Waals surface area (Å²) in [6, 6.07) is 0. The standard InChI is InChI=1S/C17H30O8/c1-9-20-13(3)22-15(19)24-23-14(18)12(2)10-21-25-17(7,8)11-16(4,5)6/h10,13H,9,11H2,1-8H3. The van der Waals surface area contributed by atoms with Gasteiger partial charge in [-0.2, -0.15) is 9.68 Å². The Balaban J connectivity index is 4.28. The molecule has 0 spiro atoms. The zero-order valence-electron chi connectivity index (χ0n) is 16.3. The van der Waals surface area contributed by atoms with Crippen LogP contribution in [0.5, 0.6) is 0 Å². The Morgan fingerprint density at radius 1 is 1.08 bits per heavy atom. The van der Waals surface area contributed by atoms with Crippen LogP contribution in [0, 0.1) is 5.41 Å². The Labute approximate surface area is 149 Å². The van der Waals surface area contributed by atoms with Crippen LogP contribution in [0.25, 0.3) is 0 Å². The summed E-state index contributed by atoms with van der Waals surface area (Å²) in [5, 5.41) is 0. The van der Waals surface area contributed by atoms with Crippen molar-refractivity contribution in [2.45, 2.75) is 73.7 Å². The number of rotatable bonds is 8. The SMILES string of the molecule is CCOC(C)OC(=O)OOC(=O)C(C)=COOC(C)(C)CC(C)(C)C. The quantitative estimate of drug-likeness (QED) is 0.160. The number of carbonyl (C=O) groups is 2. The third kappa shape index (κ3) is 12.2. The summed E-state index contributed by atoms with van der Waals surface area (Å²) in [5.41, 5.74) is -0.455. The lowest BCUT2D eigenvalue weighted by molar-refractivity contribution is -0.322. The molecule has 8 heteroatoms. The first-order chi connectivity index (χ1) is 11.4. The van der Waals surface area contributed by atoms with E-state index >= 15 is 0 Å². The molecule has 25 heavy (non-hydrogen) atoms. The van der Waals surface area contributed by atoms with Crippen LogP contribution in [-0.2, 0) is 33.8 Å². The molecule has 0 aromatic heterocycles. The van der Waals surface area contributed by atoms with Crippen LogP contribution in [-0.4, -0.2) is 30.6 Å². The molecule has 0 saturated carbocycles. The second kappa shape index (κ2) is 10.2. The van der Waals surface area contributed by atoms with Crippen LogP contribution in [0.2, 0.25) is 0 Å². The van der Waals surface area contributed by atoms with Gasteiger partial charge in [0, 0.05) is 6.61 Å². The molecular formula is C17H30O8. The third-order valence-electron chi connectivity index (χ3n) is 2.63. The maximum atomic E-state index is 11.7. The van der Waals surface area contributed by atoms with E-state index in [0.717, 1.165) is 12.7 Å². The Bertz CT molecular complexity index is 462. The van der Waals surface area contributed by atoms with E-state index in [1.54, 1.807) is 6.92 Å². The minimum Gasteiger partial charge on any atom is -0.402 e. The van der Waals surface area contributed by atoms with Gasteiger partial charge in [-0.05, 0) is 46.5 Å². The molecule has 0 aliphatic rings. The molecule has 146 valence electrons. The van der Waals surface area contributed by atoms with Crippen LogP contribution in [0.3, 0.4) is 0 Å². The van der Waals surface area contributed by atoms with Gasteiger partial charge in [0.05, 0.1) is 5.57 Å². The molecule has 0 saturated heterocycles. The van der Waals surface area contributed by atoms with Gasteiger partial charge in [-0.25, -0.2) is 14.6 Å². The van der Waals surface area contributed by atoms with E-state index in [-0.39, 0.29) is 11.0 Å². The van der Waals surface area contributed by atoms with E-state index in [4.69, 9.17) is 14.5 Å². The second-order valence-electron chi connectivity index (χ2n) is 7.32. The van der Waals surface area contributed by atoms with E-state index in [1.165, 1.54) is 13.8 Å². The predicted molar refractivity (Wildman–Crippen MR) is 88.8 cm³/mol. The fraction of sp³-hybridized carbons (Fsp3) is 0.765. The molecule has 1 unspecified atom stereocenters. The molecule has 0 amide bonds. The van der Waals surface area contributed by atoms with Gasteiger partial charge in [0.1, 0.15) is 11.9 Å². The van der Waals surface area contributed by atoms with Crippen LogP contribution < -0.4 is 0 Å². The Kier molecular flexibility index (Phi) is 9.51. The lowest BCUT2D eigenvalue weighted by Gasteiger charge is -2.30. The summed E-state index contributed by atoms with van der Waals surface area (Å²) in [5.74, 6) is -0.918. The molecule has 0 rings (SSSR count). The van der Waals surface area contributed by atoms with Crippen molar-refractivity contribution in [2.75, 3.05) is 6.61 Å². The molecule has 0 aliphatic carbocycles. The van der Waals surface area contributed by atoms with Crippen LogP contribution in [0.4, 0.5) is 4.79 Å². The van der Waals surface area contributed by atoms with Crippen LogP contribution in [0.1, 0.15) is 61.8 Å². The van der Waals surface area contributed by atoms with Gasteiger partial charge in [-0.15, -0.1) is 0 Å². The Morgan fingerprint density at radius 2 is 1.68 bits per heavy atom. The van der Waals surface area contributed by atoms with Crippen molar-refractivity contribution in [3.8, 4) is 0 Å². The smallest absolute Gasteiger partial charge is 0.402 e. The van der Waals surface area contributed by atoms with Crippen molar-refractivity contribution in [3.63, 3.8) is 0 Å². The highest BCUT2D eigenvalue weighted by atomic mass is 17.2. The summed E-state index contributed by atoms with van der Waals surface area (Å²) < 4.78 is 9.63. The largest absolute Gasteiger partial charge is 0.552 e. The molecule has 0 aliphatic heterocycles. The van der Waals surface area contributed by atoms with Gasteiger partial charge < -0.3 is 14.4 Å². The molecule has 1 atom stereocenters. The van der Waals surface area contributed by atoms with Gasteiger partial charge in [0.15, 0.2) is 0 Å². The number of hydrogen-bond acceptors (Lipinski definition) is 8. The highest BCUT2D eigenvalue weighted by Gasteiger charge is 2.28. The zero-order valence-corrected chi connectivity index (χ0v) is 16.3. The molecule has 0 bridgehead atoms. The first-order valence-electron chi connectivity index (χ1n) is 8.08. The van der Waals surface area contributed by atoms with Gasteiger partial charge in [-0.3, -0.25) is 0 Å². The van der Waals surface area contributed by atoms with Crippen molar-refractivity contribution in [3.05, 3.63) is 11.8 Å². The Morgan fingerprint density at radius 3 is 2.20 bits per heavy atom. The summed E-state index contributed by atoms with van der Waals surface area (Å²) >= 11 is 0. The number of hydrogen-bond donors (Lipinski definition) is 0. The maximum absolute atomic E-state index is 11.7. The number of ether oxygens (including phenoxy) is 2. The van der Waals surface area contributed by atoms with Crippen molar-refractivity contribution in [1.82, 2.24) is 0 Å². The van der Waals surface area contributed by atoms with Crippen molar-refractivity contribution >= 4 is 12.1 Å². The van der Waals surface area contributed by atoms with E-state index < -0.39 is 24.0 Å². The van der Waals surface area contributed by atoms with E-state index in [2.05, 4.69) is 35.3 Å². The first-order valence-corrected chi connectivity index (χ1v) is 8.08. The van der Waals surface area contributed by atoms with Gasteiger partial charge in [0.25, 0.3) is 0 Å². The fourth-order valence-corrected chi connectivity index (χ4v) is 2.14. The van der Waals surface area contributed by atoms with Crippen LogP contribution in [0.15, 0.2) is 11.8 Å². The average Bonchev–Trinajstić information content (AvgIpc) is 2.41. The third-order valence-corrected chi connectivity index (χ3v) is 2.63. The maximum Gasteiger partial charge on any atom is 0.552 e. The van der Waals surface area contributed by atoms with E-state index in [1.807, 2.05) is 13.8 Å². The lowest BCUT2D eigenvalue weighted by atomic mass is 9.84. The van der Waals surface area contributed by atoms with E-state index in [9.17, 15) is 9.59 Å². The second-order valence-corrected chi connectivity index (χ2v) is 7.32.